The second-order valence-corrected chi connectivity index (χ2v) is 3.76. The van der Waals surface area contributed by atoms with E-state index in [-0.39, 0.29) is 0 Å². The van der Waals surface area contributed by atoms with E-state index in [9.17, 15) is 0 Å². The molecule has 0 unspecified atom stereocenters. The van der Waals surface area contributed by atoms with Crippen LogP contribution in [0.3, 0.4) is 0 Å². The maximum absolute atomic E-state index is 4.28. The molecule has 2 nitrogen and oxygen atoms in total. The summed E-state index contributed by atoms with van der Waals surface area (Å²) in [6.45, 7) is 4.41. The highest BCUT2D eigenvalue weighted by atomic mass is 15.0. The van der Waals surface area contributed by atoms with Gasteiger partial charge in [-0.3, -0.25) is 0 Å². The van der Waals surface area contributed by atoms with Gasteiger partial charge < -0.3 is 4.57 Å². The topological polar surface area (TPSA) is 17.8 Å². The van der Waals surface area contributed by atoms with Gasteiger partial charge in [0.15, 0.2) is 0 Å². The van der Waals surface area contributed by atoms with Crippen LogP contribution in [0.1, 0.15) is 25.3 Å². The number of nitrogens with zero attached hydrogens (tertiary/aromatic N) is 2. The third kappa shape index (κ3) is 1.32. The molecule has 68 valence electrons. The molecule has 0 aliphatic carbocycles. The van der Waals surface area contributed by atoms with E-state index in [1.54, 1.807) is 0 Å². The molecule has 0 bridgehead atoms. The zero-order valence-corrected chi connectivity index (χ0v) is 8.28. The van der Waals surface area contributed by atoms with Crippen LogP contribution in [-0.2, 0) is 7.05 Å². The van der Waals surface area contributed by atoms with Crippen molar-refractivity contribution in [1.29, 1.82) is 0 Å². The molecule has 1 heterocycles. The average Bonchev–Trinajstić information content (AvgIpc) is 2.47. The van der Waals surface area contributed by atoms with Crippen LogP contribution in [0, 0.1) is 0 Å². The summed E-state index contributed by atoms with van der Waals surface area (Å²) in [5.41, 5.74) is 3.66. The van der Waals surface area contributed by atoms with Crippen molar-refractivity contribution in [2.24, 2.45) is 7.05 Å². The maximum atomic E-state index is 4.28. The van der Waals surface area contributed by atoms with E-state index in [0.29, 0.717) is 5.92 Å². The number of fused-ring (bicyclic) bond motifs is 1. The van der Waals surface area contributed by atoms with Crippen LogP contribution in [0.5, 0.6) is 0 Å². The predicted molar refractivity (Wildman–Crippen MR) is 54.8 cm³/mol. The molecule has 0 atom stereocenters. The number of hydrogen-bond donors (Lipinski definition) is 0. The minimum absolute atomic E-state index is 0.583. The zero-order chi connectivity index (χ0) is 9.42. The van der Waals surface area contributed by atoms with Crippen molar-refractivity contribution in [3.63, 3.8) is 0 Å². The van der Waals surface area contributed by atoms with Crippen LogP contribution in [-0.4, -0.2) is 9.55 Å². The quantitative estimate of drug-likeness (QED) is 0.650. The van der Waals surface area contributed by atoms with Crippen LogP contribution in [0.15, 0.2) is 24.5 Å². The van der Waals surface area contributed by atoms with Crippen molar-refractivity contribution in [1.82, 2.24) is 9.55 Å². The minimum Gasteiger partial charge on any atom is -0.334 e. The lowest BCUT2D eigenvalue weighted by Crippen LogP contribution is -1.89. The summed E-state index contributed by atoms with van der Waals surface area (Å²) in [5.74, 6) is 0.583. The number of rotatable bonds is 1. The molecule has 0 aliphatic heterocycles. The Hall–Kier alpha value is -1.31. The molecule has 0 N–H and O–H groups in total. The number of benzene rings is 1. The van der Waals surface area contributed by atoms with Crippen LogP contribution in [0.2, 0.25) is 0 Å². The first kappa shape index (κ1) is 8.30. The highest BCUT2D eigenvalue weighted by Gasteiger charge is 2.03. The first-order valence-corrected chi connectivity index (χ1v) is 4.59. The summed E-state index contributed by atoms with van der Waals surface area (Å²) >= 11 is 0. The Bertz CT molecular complexity index is 427. The number of hydrogen-bond acceptors (Lipinski definition) is 1. The second-order valence-electron chi connectivity index (χ2n) is 3.76. The van der Waals surface area contributed by atoms with Crippen molar-refractivity contribution in [3.8, 4) is 0 Å². The third-order valence-corrected chi connectivity index (χ3v) is 2.42. The Balaban J connectivity index is 2.66. The first-order chi connectivity index (χ1) is 6.18. The van der Waals surface area contributed by atoms with Crippen LogP contribution in [0.25, 0.3) is 11.0 Å². The van der Waals surface area contributed by atoms with Crippen molar-refractivity contribution in [2.45, 2.75) is 19.8 Å². The molecule has 0 spiro atoms. The molecule has 0 radical (unpaired) electrons. The van der Waals surface area contributed by atoms with Crippen LogP contribution in [0.4, 0.5) is 0 Å². The van der Waals surface area contributed by atoms with Gasteiger partial charge in [-0.25, -0.2) is 4.98 Å². The summed E-state index contributed by atoms with van der Waals surface area (Å²) in [6, 6.07) is 6.46. The van der Waals surface area contributed by atoms with Crippen LogP contribution < -0.4 is 0 Å². The second kappa shape index (κ2) is 2.87. The molecule has 2 rings (SSSR count). The smallest absolute Gasteiger partial charge is 0.0955 e. The highest BCUT2D eigenvalue weighted by Crippen LogP contribution is 2.19. The molecular weight excluding hydrogens is 160 g/mol. The van der Waals surface area contributed by atoms with Gasteiger partial charge in [0, 0.05) is 7.05 Å². The monoisotopic (exact) mass is 174 g/mol. The van der Waals surface area contributed by atoms with Gasteiger partial charge >= 0.3 is 0 Å². The summed E-state index contributed by atoms with van der Waals surface area (Å²) in [7, 11) is 2.03. The third-order valence-electron chi connectivity index (χ3n) is 2.42. The molecule has 2 aromatic rings. The number of aromatic nitrogens is 2. The van der Waals surface area contributed by atoms with E-state index in [2.05, 4.69) is 41.6 Å². The summed E-state index contributed by atoms with van der Waals surface area (Å²) < 4.78 is 2.06. The van der Waals surface area contributed by atoms with E-state index in [1.165, 1.54) is 11.1 Å². The lowest BCUT2D eigenvalue weighted by atomic mass is 10.0. The lowest BCUT2D eigenvalue weighted by Gasteiger charge is -2.04. The largest absolute Gasteiger partial charge is 0.334 e. The molecule has 1 aromatic carbocycles. The fourth-order valence-corrected chi connectivity index (χ4v) is 1.50. The zero-order valence-electron chi connectivity index (χ0n) is 8.28. The fourth-order valence-electron chi connectivity index (χ4n) is 1.50. The standard InChI is InChI=1S/C11H14N2/c1-8(2)9-4-5-10-11(6-9)13(3)7-12-10/h4-8H,1-3H3. The van der Waals surface area contributed by atoms with Crippen molar-refractivity contribution in [3.05, 3.63) is 30.1 Å². The van der Waals surface area contributed by atoms with Gasteiger partial charge in [0.05, 0.1) is 17.4 Å². The Kier molecular flexibility index (Phi) is 1.83. The predicted octanol–water partition coefficient (Wildman–Crippen LogP) is 2.70. The normalized spacial score (nSPS) is 11.4. The molecule has 0 saturated heterocycles. The Morgan fingerprint density at radius 1 is 1.31 bits per heavy atom. The first-order valence-electron chi connectivity index (χ1n) is 4.59. The Morgan fingerprint density at radius 2 is 2.08 bits per heavy atom. The van der Waals surface area contributed by atoms with Crippen molar-refractivity contribution >= 4 is 11.0 Å². The molecule has 0 saturated carbocycles. The molecule has 0 fully saturated rings. The average molecular weight is 174 g/mol. The van der Waals surface area contributed by atoms with Gasteiger partial charge in [0.25, 0.3) is 0 Å². The Labute approximate surface area is 78.2 Å². The van der Waals surface area contributed by atoms with Crippen LogP contribution >= 0.6 is 0 Å². The Morgan fingerprint density at radius 3 is 2.77 bits per heavy atom. The van der Waals surface area contributed by atoms with Gasteiger partial charge in [0.2, 0.25) is 0 Å². The SMILES string of the molecule is CC(C)c1ccc2ncn(C)c2c1. The molecule has 1 aromatic heterocycles. The van der Waals surface area contributed by atoms with Gasteiger partial charge in [-0.15, -0.1) is 0 Å². The molecular formula is C11H14N2. The molecule has 13 heavy (non-hydrogen) atoms. The van der Waals surface area contributed by atoms with Gasteiger partial charge in [-0.05, 0) is 23.6 Å². The van der Waals surface area contributed by atoms with Crippen molar-refractivity contribution < 1.29 is 0 Å². The lowest BCUT2D eigenvalue weighted by molar-refractivity contribution is 0.865. The van der Waals surface area contributed by atoms with E-state index in [0.717, 1.165) is 5.52 Å². The van der Waals surface area contributed by atoms with Gasteiger partial charge in [0.1, 0.15) is 0 Å². The summed E-state index contributed by atoms with van der Waals surface area (Å²) in [5, 5.41) is 0. The minimum atomic E-state index is 0.583. The number of aryl methyl sites for hydroxylation is 1. The van der Waals surface area contributed by atoms with Crippen molar-refractivity contribution in [2.75, 3.05) is 0 Å². The highest BCUT2D eigenvalue weighted by molar-refractivity contribution is 5.76. The maximum Gasteiger partial charge on any atom is 0.0955 e. The van der Waals surface area contributed by atoms with E-state index >= 15 is 0 Å². The molecule has 2 heteroatoms. The van der Waals surface area contributed by atoms with E-state index in [1.807, 2.05) is 13.4 Å². The fraction of sp³-hybridized carbons (Fsp3) is 0.364. The van der Waals surface area contributed by atoms with E-state index < -0.39 is 0 Å². The number of imidazole rings is 1. The van der Waals surface area contributed by atoms with Gasteiger partial charge in [-0.1, -0.05) is 19.9 Å². The van der Waals surface area contributed by atoms with Gasteiger partial charge in [-0.2, -0.15) is 0 Å². The summed E-state index contributed by atoms with van der Waals surface area (Å²) in [6.07, 6.45) is 1.86. The molecule has 0 amide bonds. The molecule has 0 aliphatic rings. The van der Waals surface area contributed by atoms with E-state index in [4.69, 9.17) is 0 Å². The summed E-state index contributed by atoms with van der Waals surface area (Å²) in [4.78, 5) is 4.28.